The third-order valence-electron chi connectivity index (χ3n) is 5.05. The van der Waals surface area contributed by atoms with Crippen LogP contribution in [0.5, 0.6) is 5.75 Å². The Kier molecular flexibility index (Phi) is 7.19. The van der Waals surface area contributed by atoms with Gasteiger partial charge in [-0.25, -0.2) is 0 Å². The molecule has 1 fully saturated rings. The van der Waals surface area contributed by atoms with Gasteiger partial charge in [0.15, 0.2) is 0 Å². The molecular formula is C23H22N2O8. The van der Waals surface area contributed by atoms with Gasteiger partial charge in [-0.3, -0.25) is 24.5 Å². The number of nitro benzene ring substituents is 1. The smallest absolute Gasteiger partial charge is 0.308 e. The second kappa shape index (κ2) is 10.0. The van der Waals surface area contributed by atoms with Gasteiger partial charge >= 0.3 is 5.97 Å². The van der Waals surface area contributed by atoms with Crippen LogP contribution in [-0.4, -0.2) is 52.9 Å². The minimum absolute atomic E-state index is 0.0280. The van der Waals surface area contributed by atoms with E-state index in [9.17, 15) is 29.6 Å². The second-order valence-electron chi connectivity index (χ2n) is 7.31. The van der Waals surface area contributed by atoms with E-state index in [1.54, 1.807) is 18.2 Å². The predicted octanol–water partition coefficient (Wildman–Crippen LogP) is 2.98. The molecule has 1 N–H and O–H groups in total. The fourth-order valence-electron chi connectivity index (χ4n) is 3.67. The zero-order chi connectivity index (χ0) is 24.1. The molecule has 3 rings (SSSR count). The fourth-order valence-corrected chi connectivity index (χ4v) is 3.67. The van der Waals surface area contributed by atoms with Gasteiger partial charge in [-0.05, 0) is 24.1 Å². The molecule has 172 valence electrons. The first-order valence-corrected chi connectivity index (χ1v) is 10.0. The van der Waals surface area contributed by atoms with Crippen molar-refractivity contribution < 1.29 is 33.9 Å². The van der Waals surface area contributed by atoms with E-state index in [2.05, 4.69) is 0 Å². The van der Waals surface area contributed by atoms with E-state index in [4.69, 9.17) is 9.47 Å². The number of hydrogen-bond acceptors (Lipinski definition) is 8. The standard InChI is InChI=1S/C23H22N2O8/c1-14(26)33-18-9-4-6-15(13-18)20-19(22(28)23(29)24(20)10-5-11-32-2)21(27)16-7-3-8-17(12-16)25(30)31/h3-4,6-9,12-13,20,27H,5,10-11H2,1-2H3/b21-19-. The molecule has 1 unspecified atom stereocenters. The van der Waals surface area contributed by atoms with Crippen molar-refractivity contribution in [2.45, 2.75) is 19.4 Å². The summed E-state index contributed by atoms with van der Waals surface area (Å²) in [5.41, 5.74) is -0.0303. The summed E-state index contributed by atoms with van der Waals surface area (Å²) in [7, 11) is 1.51. The average Bonchev–Trinajstić information content (AvgIpc) is 3.03. The summed E-state index contributed by atoms with van der Waals surface area (Å²) in [4.78, 5) is 49.0. The highest BCUT2D eigenvalue weighted by atomic mass is 16.6. The largest absolute Gasteiger partial charge is 0.507 e. The summed E-state index contributed by atoms with van der Waals surface area (Å²) in [6.45, 7) is 1.74. The first kappa shape index (κ1) is 23.6. The van der Waals surface area contributed by atoms with Crippen LogP contribution < -0.4 is 4.74 Å². The lowest BCUT2D eigenvalue weighted by molar-refractivity contribution is -0.384. The van der Waals surface area contributed by atoms with Crippen LogP contribution in [-0.2, 0) is 19.1 Å². The monoisotopic (exact) mass is 454 g/mol. The summed E-state index contributed by atoms with van der Waals surface area (Å²) < 4.78 is 10.2. The van der Waals surface area contributed by atoms with Crippen molar-refractivity contribution in [3.05, 3.63) is 75.3 Å². The van der Waals surface area contributed by atoms with Gasteiger partial charge in [0.1, 0.15) is 11.5 Å². The van der Waals surface area contributed by atoms with E-state index in [0.717, 1.165) is 6.07 Å². The molecule has 0 aliphatic carbocycles. The highest BCUT2D eigenvalue weighted by Gasteiger charge is 2.46. The van der Waals surface area contributed by atoms with E-state index in [1.807, 2.05) is 0 Å². The third kappa shape index (κ3) is 5.07. The molecule has 2 aromatic rings. The molecule has 1 aliphatic heterocycles. The molecule has 1 amide bonds. The normalized spacial score (nSPS) is 17.3. The van der Waals surface area contributed by atoms with Crippen molar-refractivity contribution in [2.75, 3.05) is 20.3 Å². The Labute approximate surface area is 189 Å². The number of likely N-dealkylation sites (tertiary alicyclic amines) is 1. The van der Waals surface area contributed by atoms with Gasteiger partial charge < -0.3 is 19.5 Å². The molecule has 1 aliphatic rings. The molecule has 0 spiro atoms. The summed E-state index contributed by atoms with van der Waals surface area (Å²) in [5.74, 6) is -2.61. The molecule has 0 saturated carbocycles. The molecular weight excluding hydrogens is 432 g/mol. The van der Waals surface area contributed by atoms with E-state index < -0.39 is 34.4 Å². The van der Waals surface area contributed by atoms with Crippen molar-refractivity contribution in [3.63, 3.8) is 0 Å². The second-order valence-corrected chi connectivity index (χ2v) is 7.31. The number of nitrogens with zero attached hydrogens (tertiary/aromatic N) is 2. The molecule has 10 nitrogen and oxygen atoms in total. The van der Waals surface area contributed by atoms with Crippen molar-refractivity contribution in [2.24, 2.45) is 0 Å². The first-order valence-electron chi connectivity index (χ1n) is 10.0. The summed E-state index contributed by atoms with van der Waals surface area (Å²) >= 11 is 0. The zero-order valence-electron chi connectivity index (χ0n) is 18.0. The van der Waals surface area contributed by atoms with E-state index >= 15 is 0 Å². The Morgan fingerprint density at radius 3 is 2.58 bits per heavy atom. The van der Waals surface area contributed by atoms with E-state index in [0.29, 0.717) is 18.6 Å². The third-order valence-corrected chi connectivity index (χ3v) is 5.05. The van der Waals surface area contributed by atoms with Gasteiger partial charge in [-0.1, -0.05) is 24.3 Å². The molecule has 2 aromatic carbocycles. The molecule has 33 heavy (non-hydrogen) atoms. The number of rotatable bonds is 8. The number of aliphatic hydroxyl groups excluding tert-OH is 1. The maximum Gasteiger partial charge on any atom is 0.308 e. The molecule has 0 bridgehead atoms. The lowest BCUT2D eigenvalue weighted by atomic mass is 9.95. The highest BCUT2D eigenvalue weighted by molar-refractivity contribution is 6.46. The molecule has 1 heterocycles. The Bertz CT molecular complexity index is 1140. The fraction of sp³-hybridized carbons (Fsp3) is 0.261. The maximum atomic E-state index is 13.0. The SMILES string of the molecule is COCCCN1C(=O)C(=O)/C(=C(\O)c2cccc([N+](=O)[O-])c2)C1c1cccc(OC(C)=O)c1. The molecule has 0 aromatic heterocycles. The summed E-state index contributed by atoms with van der Waals surface area (Å²) in [6.07, 6.45) is 0.431. The number of esters is 1. The van der Waals surface area contributed by atoms with Crippen LogP contribution >= 0.6 is 0 Å². The Morgan fingerprint density at radius 1 is 1.18 bits per heavy atom. The van der Waals surface area contributed by atoms with Gasteiger partial charge in [0.25, 0.3) is 17.4 Å². The first-order chi connectivity index (χ1) is 15.7. The number of nitro groups is 1. The zero-order valence-corrected chi connectivity index (χ0v) is 18.0. The van der Waals surface area contributed by atoms with Gasteiger partial charge in [0.2, 0.25) is 0 Å². The molecule has 1 saturated heterocycles. The van der Waals surface area contributed by atoms with Crippen molar-refractivity contribution in [3.8, 4) is 5.75 Å². The number of hydrogen-bond donors (Lipinski definition) is 1. The van der Waals surface area contributed by atoms with Crippen LogP contribution in [0.15, 0.2) is 54.1 Å². The van der Waals surface area contributed by atoms with Crippen molar-refractivity contribution in [1.29, 1.82) is 0 Å². The molecule has 1 atom stereocenters. The quantitative estimate of drug-likeness (QED) is 0.0940. The topological polar surface area (TPSA) is 136 Å². The van der Waals surface area contributed by atoms with E-state index in [-0.39, 0.29) is 29.1 Å². The van der Waals surface area contributed by atoms with Crippen molar-refractivity contribution >= 4 is 29.1 Å². The molecule has 0 radical (unpaired) electrons. The van der Waals surface area contributed by atoms with Crippen LogP contribution in [0.1, 0.15) is 30.5 Å². The van der Waals surface area contributed by atoms with Crippen LogP contribution in [0, 0.1) is 10.1 Å². The van der Waals surface area contributed by atoms with Crippen molar-refractivity contribution in [1.82, 2.24) is 4.90 Å². The average molecular weight is 454 g/mol. The highest BCUT2D eigenvalue weighted by Crippen LogP contribution is 2.40. The maximum absolute atomic E-state index is 13.0. The van der Waals surface area contributed by atoms with Gasteiger partial charge in [-0.2, -0.15) is 0 Å². The van der Waals surface area contributed by atoms with Gasteiger partial charge in [-0.15, -0.1) is 0 Å². The van der Waals surface area contributed by atoms with Gasteiger partial charge in [0, 0.05) is 44.9 Å². The number of ether oxygens (including phenoxy) is 2. The number of carbonyl (C=O) groups excluding carboxylic acids is 3. The minimum Gasteiger partial charge on any atom is -0.507 e. The van der Waals surface area contributed by atoms with E-state index in [1.165, 1.54) is 43.2 Å². The lowest BCUT2D eigenvalue weighted by Gasteiger charge is -2.25. The number of non-ortho nitro benzene ring substituents is 1. The number of ketones is 1. The summed E-state index contributed by atoms with van der Waals surface area (Å²) in [5, 5.41) is 22.1. The lowest BCUT2D eigenvalue weighted by Crippen LogP contribution is -2.31. The Morgan fingerprint density at radius 2 is 1.91 bits per heavy atom. The summed E-state index contributed by atoms with van der Waals surface area (Å²) in [6, 6.07) is 10.4. The van der Waals surface area contributed by atoms with Crippen LogP contribution in [0.2, 0.25) is 0 Å². The number of Topliss-reactive ketones (excluding diaryl/α,β-unsaturated/α-hetero) is 1. The Balaban J connectivity index is 2.16. The number of amides is 1. The number of carbonyl (C=O) groups is 3. The number of benzene rings is 2. The number of methoxy groups -OCH3 is 1. The molecule has 10 heteroatoms. The minimum atomic E-state index is -0.989. The van der Waals surface area contributed by atoms with Crippen LogP contribution in [0.25, 0.3) is 5.76 Å². The van der Waals surface area contributed by atoms with Gasteiger partial charge in [0.05, 0.1) is 16.5 Å². The predicted molar refractivity (Wildman–Crippen MR) is 116 cm³/mol. The van der Waals surface area contributed by atoms with Crippen LogP contribution in [0.3, 0.4) is 0 Å². The number of aliphatic hydroxyl groups is 1. The Hall–Kier alpha value is -4.05. The van der Waals surface area contributed by atoms with Crippen LogP contribution in [0.4, 0.5) is 5.69 Å².